The van der Waals surface area contributed by atoms with E-state index in [4.69, 9.17) is 5.73 Å². The molecular weight excluding hydrogens is 304 g/mol. The van der Waals surface area contributed by atoms with E-state index in [9.17, 15) is 8.42 Å². The molecule has 6 heteroatoms. The summed E-state index contributed by atoms with van der Waals surface area (Å²) in [5.74, 6) is 0. The predicted molar refractivity (Wildman–Crippen MR) is 73.6 cm³/mol. The summed E-state index contributed by atoms with van der Waals surface area (Å²) in [4.78, 5) is 0.145. The van der Waals surface area contributed by atoms with E-state index in [2.05, 4.69) is 27.2 Å². The molecule has 1 aromatic carbocycles. The zero-order valence-corrected chi connectivity index (χ0v) is 12.2. The monoisotopic (exact) mass is 318 g/mol. The predicted octanol–water partition coefficient (Wildman–Crippen LogP) is 2.07. The summed E-state index contributed by atoms with van der Waals surface area (Å²) in [5.41, 5.74) is 7.53. The first-order valence-corrected chi connectivity index (χ1v) is 7.22. The third-order valence-corrected chi connectivity index (χ3v) is 4.31. The molecule has 0 radical (unpaired) electrons. The number of nitrogen functional groups attached to an aromatic ring is 1. The van der Waals surface area contributed by atoms with Crippen molar-refractivity contribution in [2.45, 2.75) is 18.7 Å². The van der Waals surface area contributed by atoms with Crippen LogP contribution in [0.15, 0.2) is 28.1 Å². The van der Waals surface area contributed by atoms with E-state index in [1.165, 1.54) is 0 Å². The van der Waals surface area contributed by atoms with Crippen molar-refractivity contribution in [2.24, 2.45) is 0 Å². The van der Waals surface area contributed by atoms with E-state index in [1.807, 2.05) is 6.92 Å². The van der Waals surface area contributed by atoms with Crippen LogP contribution in [0, 0.1) is 13.8 Å². The number of sulfonamides is 1. The third kappa shape index (κ3) is 3.31. The first-order chi connectivity index (χ1) is 7.75. The van der Waals surface area contributed by atoms with Gasteiger partial charge in [0.15, 0.2) is 0 Å². The van der Waals surface area contributed by atoms with E-state index in [0.717, 1.165) is 5.56 Å². The molecule has 0 saturated heterocycles. The number of halogens is 1. The Morgan fingerprint density at radius 3 is 2.59 bits per heavy atom. The molecule has 0 aliphatic heterocycles. The van der Waals surface area contributed by atoms with E-state index in [1.54, 1.807) is 19.1 Å². The van der Waals surface area contributed by atoms with Crippen LogP contribution in [0.1, 0.15) is 11.1 Å². The summed E-state index contributed by atoms with van der Waals surface area (Å²) >= 11 is 3.10. The standard InChI is InChI=1S/C11H15BrN2O2S/c1-7-4-5-10(13)11(9(7)3)17(15,16)14-6-8(2)12/h4-5,14H,2,6,13H2,1,3H3. The molecule has 94 valence electrons. The molecule has 0 bridgehead atoms. The summed E-state index contributed by atoms with van der Waals surface area (Å²) in [6, 6.07) is 3.40. The number of hydrogen-bond acceptors (Lipinski definition) is 3. The lowest BCUT2D eigenvalue weighted by Gasteiger charge is -2.13. The molecule has 0 saturated carbocycles. The third-order valence-electron chi connectivity index (χ3n) is 2.43. The second kappa shape index (κ2) is 5.20. The maximum Gasteiger partial charge on any atom is 0.243 e. The number of aryl methyl sites for hydroxylation is 1. The zero-order chi connectivity index (χ0) is 13.2. The van der Waals surface area contributed by atoms with Gasteiger partial charge in [-0.1, -0.05) is 28.6 Å². The number of rotatable bonds is 4. The summed E-state index contributed by atoms with van der Waals surface area (Å²) < 4.78 is 27.1. The first kappa shape index (κ1) is 14.2. The van der Waals surface area contributed by atoms with Gasteiger partial charge in [-0.25, -0.2) is 13.1 Å². The van der Waals surface area contributed by atoms with Gasteiger partial charge in [-0.05, 0) is 31.0 Å². The van der Waals surface area contributed by atoms with E-state index in [0.29, 0.717) is 10.0 Å². The smallest absolute Gasteiger partial charge is 0.243 e. The van der Waals surface area contributed by atoms with Gasteiger partial charge < -0.3 is 5.73 Å². The Morgan fingerprint density at radius 1 is 1.47 bits per heavy atom. The van der Waals surface area contributed by atoms with Crippen molar-refractivity contribution in [1.29, 1.82) is 0 Å². The van der Waals surface area contributed by atoms with Crippen LogP contribution in [0.2, 0.25) is 0 Å². The number of anilines is 1. The van der Waals surface area contributed by atoms with Crippen LogP contribution in [0.25, 0.3) is 0 Å². The van der Waals surface area contributed by atoms with Crippen molar-refractivity contribution in [3.05, 3.63) is 34.3 Å². The number of nitrogens with two attached hydrogens (primary N) is 1. The van der Waals surface area contributed by atoms with Gasteiger partial charge >= 0.3 is 0 Å². The van der Waals surface area contributed by atoms with Gasteiger partial charge in [0.05, 0.1) is 5.69 Å². The second-order valence-corrected chi connectivity index (χ2v) is 6.59. The molecule has 4 nitrogen and oxygen atoms in total. The molecule has 1 aromatic rings. The van der Waals surface area contributed by atoms with Crippen molar-refractivity contribution >= 4 is 31.6 Å². The fourth-order valence-corrected chi connectivity index (χ4v) is 3.19. The summed E-state index contributed by atoms with van der Waals surface area (Å²) in [6.07, 6.45) is 0. The maximum absolute atomic E-state index is 12.1. The number of hydrogen-bond donors (Lipinski definition) is 2. The van der Waals surface area contributed by atoms with Crippen molar-refractivity contribution < 1.29 is 8.42 Å². The fourth-order valence-electron chi connectivity index (χ4n) is 1.41. The zero-order valence-electron chi connectivity index (χ0n) is 9.75. The van der Waals surface area contributed by atoms with Gasteiger partial charge in [-0.15, -0.1) is 0 Å². The van der Waals surface area contributed by atoms with E-state index < -0.39 is 10.0 Å². The Bertz CT molecular complexity index is 553. The molecule has 0 fully saturated rings. The number of nitrogens with one attached hydrogen (secondary N) is 1. The lowest BCUT2D eigenvalue weighted by atomic mass is 10.1. The van der Waals surface area contributed by atoms with Gasteiger partial charge in [0.2, 0.25) is 10.0 Å². The van der Waals surface area contributed by atoms with Crippen LogP contribution >= 0.6 is 15.9 Å². The van der Waals surface area contributed by atoms with Gasteiger partial charge in [0.25, 0.3) is 0 Å². The topological polar surface area (TPSA) is 72.2 Å². The average Bonchev–Trinajstić information content (AvgIpc) is 2.21. The van der Waals surface area contributed by atoms with Crippen molar-refractivity contribution in [3.8, 4) is 0 Å². The Balaban J connectivity index is 3.24. The lowest BCUT2D eigenvalue weighted by molar-refractivity contribution is 0.585. The quantitative estimate of drug-likeness (QED) is 0.835. The highest BCUT2D eigenvalue weighted by atomic mass is 79.9. The minimum atomic E-state index is -3.61. The minimum Gasteiger partial charge on any atom is -0.398 e. The van der Waals surface area contributed by atoms with Crippen LogP contribution < -0.4 is 10.5 Å². The molecule has 0 aromatic heterocycles. The van der Waals surface area contributed by atoms with Gasteiger partial charge in [-0.3, -0.25) is 0 Å². The fraction of sp³-hybridized carbons (Fsp3) is 0.273. The van der Waals surface area contributed by atoms with Crippen LogP contribution in [-0.4, -0.2) is 15.0 Å². The Morgan fingerprint density at radius 2 is 2.06 bits per heavy atom. The Hall–Kier alpha value is -0.850. The number of benzene rings is 1. The summed E-state index contributed by atoms with van der Waals surface area (Å²) in [7, 11) is -3.61. The van der Waals surface area contributed by atoms with Gasteiger partial charge in [0.1, 0.15) is 4.90 Å². The highest BCUT2D eigenvalue weighted by Gasteiger charge is 2.20. The van der Waals surface area contributed by atoms with Crippen LogP contribution in [0.4, 0.5) is 5.69 Å². The molecule has 0 atom stereocenters. The van der Waals surface area contributed by atoms with Crippen LogP contribution in [0.3, 0.4) is 0 Å². The van der Waals surface area contributed by atoms with E-state index in [-0.39, 0.29) is 17.1 Å². The van der Waals surface area contributed by atoms with Gasteiger partial charge in [-0.2, -0.15) is 0 Å². The second-order valence-electron chi connectivity index (χ2n) is 3.77. The van der Waals surface area contributed by atoms with Crippen LogP contribution in [0.5, 0.6) is 0 Å². The normalized spacial score (nSPS) is 11.5. The molecule has 3 N–H and O–H groups in total. The first-order valence-electron chi connectivity index (χ1n) is 4.94. The van der Waals surface area contributed by atoms with Crippen molar-refractivity contribution in [3.63, 3.8) is 0 Å². The SMILES string of the molecule is C=C(Br)CNS(=O)(=O)c1c(N)ccc(C)c1C. The maximum atomic E-state index is 12.1. The summed E-state index contributed by atoms with van der Waals surface area (Å²) in [6.45, 7) is 7.29. The van der Waals surface area contributed by atoms with Crippen LogP contribution in [-0.2, 0) is 10.0 Å². The highest BCUT2D eigenvalue weighted by molar-refractivity contribution is 9.11. The molecule has 1 rings (SSSR count). The largest absolute Gasteiger partial charge is 0.398 e. The molecule has 0 heterocycles. The molecule has 17 heavy (non-hydrogen) atoms. The molecule has 0 unspecified atom stereocenters. The Kier molecular flexibility index (Phi) is 4.35. The average molecular weight is 319 g/mol. The van der Waals surface area contributed by atoms with Crippen molar-refractivity contribution in [1.82, 2.24) is 4.72 Å². The molecule has 0 spiro atoms. The molecule has 0 aliphatic rings. The van der Waals surface area contributed by atoms with E-state index >= 15 is 0 Å². The molecule has 0 amide bonds. The van der Waals surface area contributed by atoms with Gasteiger partial charge in [0, 0.05) is 11.0 Å². The minimum absolute atomic E-state index is 0.134. The molecule has 0 aliphatic carbocycles. The Labute approximate surface area is 110 Å². The molecular formula is C11H15BrN2O2S. The highest BCUT2D eigenvalue weighted by Crippen LogP contribution is 2.25. The summed E-state index contributed by atoms with van der Waals surface area (Å²) in [5, 5.41) is 0. The lowest BCUT2D eigenvalue weighted by Crippen LogP contribution is -2.26. The van der Waals surface area contributed by atoms with Crippen molar-refractivity contribution in [2.75, 3.05) is 12.3 Å².